The molecular weight excluding hydrogens is 519 g/mol. The summed E-state index contributed by atoms with van der Waals surface area (Å²) < 4.78 is 25.9. The van der Waals surface area contributed by atoms with Gasteiger partial charge in [-0.15, -0.1) is 0 Å². The number of hydrogen-bond donors (Lipinski definition) is 1. The highest BCUT2D eigenvalue weighted by molar-refractivity contribution is 7.22. The van der Waals surface area contributed by atoms with Crippen molar-refractivity contribution < 1.29 is 28.6 Å². The Hall–Kier alpha value is -4.50. The molecule has 0 unspecified atom stereocenters. The van der Waals surface area contributed by atoms with Crippen LogP contribution < -0.4 is 14.4 Å². The van der Waals surface area contributed by atoms with Gasteiger partial charge in [-0.05, 0) is 66.6 Å². The van der Waals surface area contributed by atoms with Crippen LogP contribution in [0.3, 0.4) is 0 Å². The first kappa shape index (κ1) is 24.8. The van der Waals surface area contributed by atoms with E-state index in [0.29, 0.717) is 33.5 Å². The molecule has 1 fully saturated rings. The lowest BCUT2D eigenvalue weighted by Gasteiger charge is -2.23. The number of anilines is 1. The highest BCUT2D eigenvalue weighted by Crippen LogP contribution is 2.45. The number of carbonyl (C=O) groups is 2. The Morgan fingerprint density at radius 1 is 1.23 bits per heavy atom. The van der Waals surface area contributed by atoms with Gasteiger partial charge in [-0.25, -0.2) is 9.37 Å². The lowest BCUT2D eigenvalue weighted by Crippen LogP contribution is -2.29. The molecule has 0 bridgehead atoms. The molecule has 7 nitrogen and oxygen atoms in total. The zero-order valence-corrected chi connectivity index (χ0v) is 21.7. The van der Waals surface area contributed by atoms with Gasteiger partial charge in [0.05, 0.1) is 21.8 Å². The third-order valence-electron chi connectivity index (χ3n) is 6.70. The van der Waals surface area contributed by atoms with E-state index >= 15 is 0 Å². The van der Waals surface area contributed by atoms with E-state index < -0.39 is 23.5 Å². The molecule has 1 aromatic heterocycles. The van der Waals surface area contributed by atoms with Crippen molar-refractivity contribution in [1.29, 1.82) is 0 Å². The van der Waals surface area contributed by atoms with E-state index in [1.54, 1.807) is 48.5 Å². The predicted molar refractivity (Wildman–Crippen MR) is 147 cm³/mol. The number of nitrogens with zero attached hydrogens (tertiary/aromatic N) is 2. The fourth-order valence-electron chi connectivity index (χ4n) is 4.99. The summed E-state index contributed by atoms with van der Waals surface area (Å²) in [4.78, 5) is 32.9. The van der Waals surface area contributed by atoms with Crippen molar-refractivity contribution in [2.45, 2.75) is 25.5 Å². The van der Waals surface area contributed by atoms with Crippen LogP contribution in [0.1, 0.15) is 29.7 Å². The summed E-state index contributed by atoms with van der Waals surface area (Å²) >= 11 is 1.09. The van der Waals surface area contributed by atoms with Gasteiger partial charge in [-0.1, -0.05) is 36.1 Å². The minimum Gasteiger partial charge on any atom is -0.507 e. The number of thiazole rings is 1. The number of rotatable bonds is 6. The highest BCUT2D eigenvalue weighted by Gasteiger charge is 2.48. The van der Waals surface area contributed by atoms with E-state index in [0.717, 1.165) is 22.6 Å². The van der Waals surface area contributed by atoms with Crippen molar-refractivity contribution >= 4 is 44.1 Å². The second-order valence-corrected chi connectivity index (χ2v) is 10.4. The van der Waals surface area contributed by atoms with Crippen molar-refractivity contribution in [3.63, 3.8) is 0 Å². The zero-order chi connectivity index (χ0) is 27.3. The quantitative estimate of drug-likeness (QED) is 0.140. The summed E-state index contributed by atoms with van der Waals surface area (Å²) in [5.74, 6) is -1.18. The Bertz CT molecular complexity index is 1690. The fourth-order valence-corrected chi connectivity index (χ4v) is 6.01. The SMILES string of the molecule is C=CCOc1cccc([C@@H]2/C(=C(\O)c3ccc4c(c3)C[C@@H](C)O4)C(=O)C(=O)N2c2nc3ccc(F)cc3s2)c1. The average molecular weight is 543 g/mol. The normalized spacial score (nSPS) is 19.8. The number of aliphatic hydroxyl groups is 1. The molecule has 0 saturated carbocycles. The van der Waals surface area contributed by atoms with Gasteiger partial charge in [0, 0.05) is 12.0 Å². The number of Topliss-reactive ketones (excluding diaryl/α,β-unsaturated/α-hetero) is 1. The van der Waals surface area contributed by atoms with Crippen molar-refractivity contribution in [3.05, 3.63) is 101 Å². The van der Waals surface area contributed by atoms with Gasteiger partial charge < -0.3 is 14.6 Å². The lowest BCUT2D eigenvalue weighted by atomic mass is 9.94. The van der Waals surface area contributed by atoms with E-state index in [9.17, 15) is 19.1 Å². The average Bonchev–Trinajstić information content (AvgIpc) is 3.59. The Morgan fingerprint density at radius 3 is 2.90 bits per heavy atom. The van der Waals surface area contributed by atoms with Crippen LogP contribution in [0.4, 0.5) is 9.52 Å². The maximum Gasteiger partial charge on any atom is 0.301 e. The minimum atomic E-state index is -0.994. The molecule has 0 aliphatic carbocycles. The highest BCUT2D eigenvalue weighted by atomic mass is 32.1. The summed E-state index contributed by atoms with van der Waals surface area (Å²) in [5, 5.41) is 11.7. The third-order valence-corrected chi connectivity index (χ3v) is 7.72. The van der Waals surface area contributed by atoms with Crippen molar-refractivity contribution in [1.82, 2.24) is 4.98 Å². The molecule has 39 heavy (non-hydrogen) atoms. The zero-order valence-electron chi connectivity index (χ0n) is 20.9. The summed E-state index contributed by atoms with van der Waals surface area (Å²) in [6.45, 7) is 5.89. The summed E-state index contributed by atoms with van der Waals surface area (Å²) in [5.41, 5.74) is 2.28. The standard InChI is InChI=1S/C30H23FN2O5S/c1-3-11-37-21-6-4-5-17(14-21)26-25(27(34)18-7-10-23-19(13-18)12-16(2)38-23)28(35)29(36)33(26)30-32-22-9-8-20(31)15-24(22)39-30/h3-10,13-16,26,34H,1,11-12H2,2H3/b27-25+/t16-,26-/m1/s1. The van der Waals surface area contributed by atoms with Crippen molar-refractivity contribution in [2.75, 3.05) is 11.5 Å². The summed E-state index contributed by atoms with van der Waals surface area (Å²) in [6, 6.07) is 15.3. The number of aromatic nitrogens is 1. The molecule has 2 atom stereocenters. The van der Waals surface area contributed by atoms with Gasteiger partial charge in [-0.3, -0.25) is 14.5 Å². The molecule has 196 valence electrons. The molecule has 0 spiro atoms. The summed E-state index contributed by atoms with van der Waals surface area (Å²) in [6.07, 6.45) is 2.28. The van der Waals surface area contributed by atoms with Gasteiger partial charge in [0.2, 0.25) is 0 Å². The molecule has 6 rings (SSSR count). The van der Waals surface area contributed by atoms with Gasteiger partial charge in [0.15, 0.2) is 5.13 Å². The van der Waals surface area contributed by atoms with E-state index in [4.69, 9.17) is 9.47 Å². The molecule has 1 N–H and O–H groups in total. The van der Waals surface area contributed by atoms with E-state index in [-0.39, 0.29) is 29.2 Å². The van der Waals surface area contributed by atoms with E-state index in [1.807, 2.05) is 6.92 Å². The number of amides is 1. The van der Waals surface area contributed by atoms with Gasteiger partial charge in [0.1, 0.15) is 35.8 Å². The fraction of sp³-hybridized carbons (Fsp3) is 0.167. The number of hydrogen-bond acceptors (Lipinski definition) is 7. The first-order chi connectivity index (χ1) is 18.8. The van der Waals surface area contributed by atoms with Crippen LogP contribution in [0.25, 0.3) is 16.0 Å². The Labute approximate surface area is 227 Å². The molecule has 3 aromatic carbocycles. The van der Waals surface area contributed by atoms with Crippen LogP contribution in [0.2, 0.25) is 0 Å². The van der Waals surface area contributed by atoms with Gasteiger partial charge in [-0.2, -0.15) is 0 Å². The third kappa shape index (κ3) is 4.34. The van der Waals surface area contributed by atoms with Crippen LogP contribution in [-0.2, 0) is 16.0 Å². The summed E-state index contributed by atoms with van der Waals surface area (Å²) in [7, 11) is 0. The topological polar surface area (TPSA) is 89.0 Å². The second-order valence-electron chi connectivity index (χ2n) is 9.40. The van der Waals surface area contributed by atoms with Crippen molar-refractivity contribution in [3.8, 4) is 11.5 Å². The molecule has 0 radical (unpaired) electrons. The molecule has 4 aromatic rings. The van der Waals surface area contributed by atoms with E-state index in [2.05, 4.69) is 11.6 Å². The Morgan fingerprint density at radius 2 is 2.08 bits per heavy atom. The number of halogens is 1. The predicted octanol–water partition coefficient (Wildman–Crippen LogP) is 5.95. The molecular formula is C30H23FN2O5S. The maximum absolute atomic E-state index is 13.9. The number of benzene rings is 3. The van der Waals surface area contributed by atoms with E-state index in [1.165, 1.54) is 23.1 Å². The number of fused-ring (bicyclic) bond motifs is 2. The van der Waals surface area contributed by atoms with Crippen LogP contribution in [-0.4, -0.2) is 34.5 Å². The number of aliphatic hydroxyl groups excluding tert-OH is 1. The lowest BCUT2D eigenvalue weighted by molar-refractivity contribution is -0.132. The number of carbonyl (C=O) groups excluding carboxylic acids is 2. The monoisotopic (exact) mass is 542 g/mol. The van der Waals surface area contributed by atoms with Gasteiger partial charge >= 0.3 is 5.91 Å². The smallest absolute Gasteiger partial charge is 0.301 e. The minimum absolute atomic E-state index is 0.00477. The Kier molecular flexibility index (Phi) is 6.15. The molecule has 9 heteroatoms. The molecule has 1 amide bonds. The van der Waals surface area contributed by atoms with Gasteiger partial charge in [0.25, 0.3) is 5.78 Å². The molecule has 2 aliphatic heterocycles. The number of ether oxygens (including phenoxy) is 2. The first-order valence-corrected chi connectivity index (χ1v) is 13.2. The van der Waals surface area contributed by atoms with Crippen LogP contribution >= 0.6 is 11.3 Å². The van der Waals surface area contributed by atoms with Crippen LogP contribution in [0.5, 0.6) is 11.5 Å². The number of ketones is 1. The molecule has 2 aliphatic rings. The maximum atomic E-state index is 13.9. The first-order valence-electron chi connectivity index (χ1n) is 12.3. The van der Waals surface area contributed by atoms with Crippen LogP contribution in [0, 0.1) is 5.82 Å². The largest absolute Gasteiger partial charge is 0.507 e. The molecule has 1 saturated heterocycles. The second kappa shape index (κ2) is 9.67. The molecule has 3 heterocycles. The van der Waals surface area contributed by atoms with Crippen LogP contribution in [0.15, 0.2) is 78.9 Å². The Balaban J connectivity index is 1.53. The van der Waals surface area contributed by atoms with Crippen molar-refractivity contribution in [2.24, 2.45) is 0 Å².